The quantitative estimate of drug-likeness (QED) is 0.478. The Morgan fingerprint density at radius 1 is 0.783 bits per heavy atom. The summed E-state index contributed by atoms with van der Waals surface area (Å²) in [5.41, 5.74) is 1.96. The molecule has 4 rings (SSSR count). The van der Waals surface area contributed by atoms with Gasteiger partial charge in [-0.3, -0.25) is 0 Å². The summed E-state index contributed by atoms with van der Waals surface area (Å²) < 4.78 is 8.76. The molecule has 0 fully saturated rings. The zero-order valence-corrected chi connectivity index (χ0v) is 14.7. The maximum absolute atomic E-state index is 6.17. The second-order valence-corrected chi connectivity index (χ2v) is 7.89. The van der Waals surface area contributed by atoms with Crippen molar-refractivity contribution in [2.75, 3.05) is 0 Å². The van der Waals surface area contributed by atoms with E-state index in [1.54, 1.807) is 0 Å². The molecular formula is C20H13ClOSe. The van der Waals surface area contributed by atoms with Crippen LogP contribution in [0, 0.1) is 0 Å². The molecule has 0 amide bonds. The molecule has 112 valence electrons. The molecule has 4 aromatic rings. The summed E-state index contributed by atoms with van der Waals surface area (Å²) in [6, 6.07) is 26.6. The van der Waals surface area contributed by atoms with Gasteiger partial charge in [-0.05, 0) is 0 Å². The summed E-state index contributed by atoms with van der Waals surface area (Å²) in [5.74, 6) is 0.928. The first-order valence-corrected chi connectivity index (χ1v) is 9.41. The van der Waals surface area contributed by atoms with Crippen LogP contribution in [0.5, 0.6) is 0 Å². The molecule has 0 radical (unpaired) electrons. The molecule has 3 heteroatoms. The molecular weight excluding hydrogens is 371 g/mol. The Morgan fingerprint density at radius 2 is 1.57 bits per heavy atom. The van der Waals surface area contributed by atoms with Gasteiger partial charge in [-0.15, -0.1) is 0 Å². The van der Waals surface area contributed by atoms with Crippen molar-refractivity contribution in [2.45, 2.75) is 0 Å². The van der Waals surface area contributed by atoms with Gasteiger partial charge in [0.25, 0.3) is 0 Å². The number of hydrogen-bond donors (Lipinski definition) is 0. The number of benzene rings is 3. The van der Waals surface area contributed by atoms with E-state index in [4.69, 9.17) is 16.0 Å². The van der Waals surface area contributed by atoms with Crippen LogP contribution in [0.2, 0.25) is 5.02 Å². The fourth-order valence-corrected chi connectivity index (χ4v) is 4.96. The summed E-state index contributed by atoms with van der Waals surface area (Å²) in [6.07, 6.45) is 0. The minimum absolute atomic E-state index is 0.172. The molecule has 0 saturated carbocycles. The Balaban J connectivity index is 1.91. The summed E-state index contributed by atoms with van der Waals surface area (Å²) in [6.45, 7) is 0. The number of furan rings is 1. The van der Waals surface area contributed by atoms with Crippen molar-refractivity contribution < 1.29 is 4.42 Å². The minimum atomic E-state index is 0.172. The van der Waals surface area contributed by atoms with Crippen LogP contribution in [0.4, 0.5) is 0 Å². The van der Waals surface area contributed by atoms with E-state index in [9.17, 15) is 0 Å². The number of hydrogen-bond acceptors (Lipinski definition) is 1. The van der Waals surface area contributed by atoms with Gasteiger partial charge in [0, 0.05) is 0 Å². The van der Waals surface area contributed by atoms with Gasteiger partial charge in [-0.2, -0.15) is 0 Å². The van der Waals surface area contributed by atoms with Crippen molar-refractivity contribution >= 4 is 46.5 Å². The molecule has 1 aromatic heterocycles. The molecule has 0 aliphatic rings. The molecule has 23 heavy (non-hydrogen) atoms. The molecule has 0 spiro atoms. The van der Waals surface area contributed by atoms with Crippen molar-refractivity contribution in [1.29, 1.82) is 0 Å². The van der Waals surface area contributed by atoms with Gasteiger partial charge in [0.1, 0.15) is 0 Å². The van der Waals surface area contributed by atoms with E-state index in [1.807, 2.05) is 42.5 Å². The summed E-state index contributed by atoms with van der Waals surface area (Å²) in [5, 5.41) is 1.91. The standard InChI is InChI=1S/C20H13ClOSe/c21-15-8-6-7-14(13-15)19-20(23-16-9-2-1-3-10-16)17-11-4-5-12-18(17)22-19/h1-13H. The molecule has 0 unspecified atom stereocenters. The maximum atomic E-state index is 6.17. The number of halogens is 1. The summed E-state index contributed by atoms with van der Waals surface area (Å²) in [4.78, 5) is 0. The van der Waals surface area contributed by atoms with E-state index in [0.29, 0.717) is 0 Å². The van der Waals surface area contributed by atoms with E-state index in [-0.39, 0.29) is 15.0 Å². The van der Waals surface area contributed by atoms with Crippen molar-refractivity contribution in [3.05, 3.63) is 83.9 Å². The molecule has 1 heterocycles. The van der Waals surface area contributed by atoms with Gasteiger partial charge in [0.2, 0.25) is 0 Å². The second kappa shape index (κ2) is 6.25. The van der Waals surface area contributed by atoms with Gasteiger partial charge in [0.05, 0.1) is 0 Å². The Morgan fingerprint density at radius 3 is 2.39 bits per heavy atom. The van der Waals surface area contributed by atoms with Crippen LogP contribution in [-0.4, -0.2) is 15.0 Å². The Labute approximate surface area is 146 Å². The van der Waals surface area contributed by atoms with Crippen LogP contribution in [0.1, 0.15) is 0 Å². The van der Waals surface area contributed by atoms with E-state index in [0.717, 1.165) is 21.9 Å². The van der Waals surface area contributed by atoms with Crippen LogP contribution < -0.4 is 8.92 Å². The van der Waals surface area contributed by atoms with E-state index in [1.165, 1.54) is 14.3 Å². The van der Waals surface area contributed by atoms with Gasteiger partial charge in [-0.1, -0.05) is 0 Å². The predicted molar refractivity (Wildman–Crippen MR) is 98.1 cm³/mol. The van der Waals surface area contributed by atoms with Crippen LogP contribution in [0.15, 0.2) is 83.3 Å². The normalized spacial score (nSPS) is 11.0. The number of fused-ring (bicyclic) bond motifs is 1. The number of rotatable bonds is 3. The van der Waals surface area contributed by atoms with Gasteiger partial charge in [0.15, 0.2) is 0 Å². The van der Waals surface area contributed by atoms with E-state index >= 15 is 0 Å². The van der Waals surface area contributed by atoms with Gasteiger partial charge in [-0.25, -0.2) is 0 Å². The zero-order valence-electron chi connectivity index (χ0n) is 12.2. The first-order valence-electron chi connectivity index (χ1n) is 7.31. The van der Waals surface area contributed by atoms with Crippen molar-refractivity contribution in [2.24, 2.45) is 0 Å². The molecule has 0 aliphatic carbocycles. The topological polar surface area (TPSA) is 13.1 Å². The Hall–Kier alpha value is -1.99. The summed E-state index contributed by atoms with van der Waals surface area (Å²) >= 11 is 6.34. The molecule has 0 saturated heterocycles. The van der Waals surface area contributed by atoms with Crippen LogP contribution in [-0.2, 0) is 0 Å². The van der Waals surface area contributed by atoms with Gasteiger partial charge < -0.3 is 0 Å². The summed E-state index contributed by atoms with van der Waals surface area (Å²) in [7, 11) is 0. The molecule has 3 aromatic carbocycles. The molecule has 0 atom stereocenters. The zero-order chi connectivity index (χ0) is 15.6. The average molecular weight is 384 g/mol. The third-order valence-corrected chi connectivity index (χ3v) is 6.18. The monoisotopic (exact) mass is 384 g/mol. The van der Waals surface area contributed by atoms with Crippen molar-refractivity contribution in [3.8, 4) is 11.3 Å². The van der Waals surface area contributed by atoms with Crippen molar-refractivity contribution in [1.82, 2.24) is 0 Å². The predicted octanol–water partition coefficient (Wildman–Crippen LogP) is 4.41. The third-order valence-electron chi connectivity index (χ3n) is 3.60. The van der Waals surface area contributed by atoms with Crippen LogP contribution in [0.25, 0.3) is 22.3 Å². The van der Waals surface area contributed by atoms with E-state index in [2.05, 4.69) is 36.4 Å². The van der Waals surface area contributed by atoms with Gasteiger partial charge >= 0.3 is 146 Å². The SMILES string of the molecule is Clc1cccc(-c2oc3ccccc3c2[Se]c2ccccc2)c1. The van der Waals surface area contributed by atoms with Crippen molar-refractivity contribution in [3.63, 3.8) is 0 Å². The fraction of sp³-hybridized carbons (Fsp3) is 0. The van der Waals surface area contributed by atoms with E-state index < -0.39 is 0 Å². The van der Waals surface area contributed by atoms with Crippen LogP contribution >= 0.6 is 11.6 Å². The average Bonchev–Trinajstić information content (AvgIpc) is 2.95. The second-order valence-electron chi connectivity index (χ2n) is 5.18. The molecule has 0 aliphatic heterocycles. The fourth-order valence-electron chi connectivity index (χ4n) is 2.55. The first kappa shape index (κ1) is 14.6. The Kier molecular flexibility index (Phi) is 3.97. The molecule has 0 bridgehead atoms. The molecule has 0 N–H and O–H groups in total. The Bertz CT molecular complexity index is 960. The molecule has 1 nitrogen and oxygen atoms in total. The third kappa shape index (κ3) is 2.94. The van der Waals surface area contributed by atoms with Crippen LogP contribution in [0.3, 0.4) is 0 Å². The number of para-hydroxylation sites is 1. The first-order chi connectivity index (χ1) is 11.3.